The van der Waals surface area contributed by atoms with Crippen molar-refractivity contribution in [2.75, 3.05) is 33.9 Å². The van der Waals surface area contributed by atoms with Crippen molar-refractivity contribution < 1.29 is 19.1 Å². The van der Waals surface area contributed by atoms with Gasteiger partial charge < -0.3 is 19.7 Å². The van der Waals surface area contributed by atoms with Crippen LogP contribution in [0.25, 0.3) is 0 Å². The third-order valence-electron chi connectivity index (χ3n) is 4.48. The molecule has 0 bridgehead atoms. The molecule has 2 aromatic rings. The van der Waals surface area contributed by atoms with Gasteiger partial charge in [-0.3, -0.25) is 9.59 Å². The lowest BCUT2D eigenvalue weighted by atomic mass is 10.1. The molecule has 0 unspecified atom stereocenters. The van der Waals surface area contributed by atoms with Crippen molar-refractivity contribution in [3.63, 3.8) is 0 Å². The van der Waals surface area contributed by atoms with Gasteiger partial charge in [0.2, 0.25) is 11.8 Å². The molecule has 0 aromatic heterocycles. The predicted octanol–water partition coefficient (Wildman–Crippen LogP) is 2.45. The van der Waals surface area contributed by atoms with Crippen molar-refractivity contribution in [1.29, 1.82) is 0 Å². The van der Waals surface area contributed by atoms with Crippen molar-refractivity contribution in [1.82, 2.24) is 10.2 Å². The number of nitrogens with zero attached hydrogens (tertiary/aromatic N) is 1. The second-order valence-electron chi connectivity index (χ2n) is 6.49. The van der Waals surface area contributed by atoms with Crippen LogP contribution in [-0.2, 0) is 22.4 Å². The molecule has 0 atom stereocenters. The Morgan fingerprint density at radius 2 is 1.64 bits per heavy atom. The molecule has 0 radical (unpaired) electrons. The van der Waals surface area contributed by atoms with Crippen LogP contribution in [0.5, 0.6) is 11.5 Å². The van der Waals surface area contributed by atoms with Crippen molar-refractivity contribution >= 4 is 11.8 Å². The lowest BCUT2D eigenvalue weighted by molar-refractivity contribution is -0.134. The molecule has 28 heavy (non-hydrogen) atoms. The average molecular weight is 384 g/mol. The summed E-state index contributed by atoms with van der Waals surface area (Å²) in [7, 11) is 3.25. The van der Waals surface area contributed by atoms with Crippen LogP contribution < -0.4 is 14.8 Å². The number of rotatable bonds is 10. The smallest absolute Gasteiger partial charge is 0.239 e. The molecule has 150 valence electrons. The van der Waals surface area contributed by atoms with Crippen LogP contribution >= 0.6 is 0 Å². The molecule has 0 aliphatic rings. The summed E-state index contributed by atoms with van der Waals surface area (Å²) in [6, 6.07) is 15.5. The number of amides is 2. The van der Waals surface area contributed by atoms with Gasteiger partial charge in [-0.05, 0) is 48.2 Å². The lowest BCUT2D eigenvalue weighted by Gasteiger charge is -2.20. The van der Waals surface area contributed by atoms with Gasteiger partial charge in [0, 0.05) is 20.0 Å². The average Bonchev–Trinajstić information content (AvgIpc) is 2.71. The van der Waals surface area contributed by atoms with E-state index in [9.17, 15) is 9.59 Å². The zero-order valence-corrected chi connectivity index (χ0v) is 16.7. The summed E-state index contributed by atoms with van der Waals surface area (Å²) in [5.41, 5.74) is 2.17. The molecule has 2 aromatic carbocycles. The maximum Gasteiger partial charge on any atom is 0.239 e. The maximum atomic E-state index is 12.2. The Labute approximate surface area is 166 Å². The highest BCUT2D eigenvalue weighted by atomic mass is 16.5. The van der Waals surface area contributed by atoms with E-state index < -0.39 is 0 Å². The fraction of sp³-hybridized carbons (Fsp3) is 0.364. The van der Waals surface area contributed by atoms with Gasteiger partial charge in [-0.1, -0.05) is 24.3 Å². The molecule has 2 amide bonds. The van der Waals surface area contributed by atoms with Gasteiger partial charge >= 0.3 is 0 Å². The van der Waals surface area contributed by atoms with Gasteiger partial charge in [0.15, 0.2) is 0 Å². The van der Waals surface area contributed by atoms with E-state index >= 15 is 0 Å². The zero-order chi connectivity index (χ0) is 20.4. The highest BCUT2D eigenvalue weighted by Crippen LogP contribution is 2.13. The topological polar surface area (TPSA) is 67.9 Å². The summed E-state index contributed by atoms with van der Waals surface area (Å²) in [6.07, 6.45) is 1.38. The Kier molecular flexibility index (Phi) is 8.34. The van der Waals surface area contributed by atoms with Crippen LogP contribution in [0.4, 0.5) is 0 Å². The first kappa shape index (κ1) is 21.3. The first-order chi connectivity index (χ1) is 13.5. The third-order valence-corrected chi connectivity index (χ3v) is 4.48. The fourth-order valence-electron chi connectivity index (χ4n) is 2.81. The fourth-order valence-corrected chi connectivity index (χ4v) is 2.81. The van der Waals surface area contributed by atoms with E-state index in [1.165, 1.54) is 6.92 Å². The van der Waals surface area contributed by atoms with Gasteiger partial charge in [-0.25, -0.2) is 0 Å². The monoisotopic (exact) mass is 384 g/mol. The zero-order valence-electron chi connectivity index (χ0n) is 16.7. The molecule has 0 saturated heterocycles. The number of ether oxygens (including phenoxy) is 2. The number of nitrogens with one attached hydrogen (secondary N) is 1. The SMILES string of the molecule is COc1ccc(CCNC(=O)CN(CCc2cccc(OC)c2)C(C)=O)cc1. The first-order valence-corrected chi connectivity index (χ1v) is 9.30. The number of carbonyl (C=O) groups excluding carboxylic acids is 2. The van der Waals surface area contributed by atoms with Crippen LogP contribution in [0, 0.1) is 0 Å². The summed E-state index contributed by atoms with van der Waals surface area (Å²) in [5.74, 6) is 1.31. The van der Waals surface area contributed by atoms with Crippen molar-refractivity contribution in [2.45, 2.75) is 19.8 Å². The highest BCUT2D eigenvalue weighted by Gasteiger charge is 2.13. The largest absolute Gasteiger partial charge is 0.497 e. The van der Waals surface area contributed by atoms with Crippen molar-refractivity contribution in [3.8, 4) is 11.5 Å². The van der Waals surface area contributed by atoms with Crippen LogP contribution in [-0.4, -0.2) is 50.6 Å². The molecule has 6 heteroatoms. The molecule has 1 N–H and O–H groups in total. The van der Waals surface area contributed by atoms with Crippen LogP contribution in [0.3, 0.4) is 0 Å². The summed E-state index contributed by atoms with van der Waals surface area (Å²) >= 11 is 0. The highest BCUT2D eigenvalue weighted by molar-refractivity contribution is 5.83. The van der Waals surface area contributed by atoms with Crippen LogP contribution in [0.2, 0.25) is 0 Å². The number of hydrogen-bond acceptors (Lipinski definition) is 4. The Morgan fingerprint density at radius 1 is 0.929 bits per heavy atom. The number of methoxy groups -OCH3 is 2. The van der Waals surface area contributed by atoms with E-state index in [4.69, 9.17) is 9.47 Å². The molecule has 0 aliphatic heterocycles. The lowest BCUT2D eigenvalue weighted by Crippen LogP contribution is -2.41. The Bertz CT molecular complexity index is 774. The minimum atomic E-state index is -0.158. The van der Waals surface area contributed by atoms with E-state index in [2.05, 4.69) is 5.32 Å². The van der Waals surface area contributed by atoms with Crippen molar-refractivity contribution in [2.24, 2.45) is 0 Å². The quantitative estimate of drug-likeness (QED) is 0.683. The second-order valence-corrected chi connectivity index (χ2v) is 6.49. The van der Waals surface area contributed by atoms with Gasteiger partial charge in [0.25, 0.3) is 0 Å². The summed E-state index contributed by atoms with van der Waals surface area (Å²) in [6.45, 7) is 2.54. The minimum Gasteiger partial charge on any atom is -0.497 e. The molecular formula is C22H28N2O4. The molecule has 0 spiro atoms. The molecule has 2 rings (SSSR count). The van der Waals surface area contributed by atoms with Gasteiger partial charge in [0.1, 0.15) is 11.5 Å². The van der Waals surface area contributed by atoms with E-state index in [1.807, 2.05) is 48.5 Å². The number of hydrogen-bond donors (Lipinski definition) is 1. The van der Waals surface area contributed by atoms with Crippen molar-refractivity contribution in [3.05, 3.63) is 59.7 Å². The molecule has 6 nitrogen and oxygen atoms in total. The predicted molar refractivity (Wildman–Crippen MR) is 109 cm³/mol. The van der Waals surface area contributed by atoms with Crippen LogP contribution in [0.15, 0.2) is 48.5 Å². The summed E-state index contributed by atoms with van der Waals surface area (Å²) in [4.78, 5) is 25.7. The summed E-state index contributed by atoms with van der Waals surface area (Å²) in [5, 5.41) is 2.88. The Morgan fingerprint density at radius 3 is 2.29 bits per heavy atom. The Hall–Kier alpha value is -3.02. The minimum absolute atomic E-state index is 0.0575. The second kappa shape index (κ2) is 11.0. The number of benzene rings is 2. The van der Waals surface area contributed by atoms with E-state index in [0.717, 1.165) is 29.0 Å². The Balaban J connectivity index is 1.78. The molecule has 0 heterocycles. The maximum absolute atomic E-state index is 12.2. The number of carbonyl (C=O) groups is 2. The normalized spacial score (nSPS) is 10.2. The first-order valence-electron chi connectivity index (χ1n) is 9.30. The molecule has 0 aliphatic carbocycles. The molecule has 0 saturated carbocycles. The third kappa shape index (κ3) is 6.95. The van der Waals surface area contributed by atoms with Crippen LogP contribution in [0.1, 0.15) is 18.1 Å². The van der Waals surface area contributed by atoms with E-state index in [-0.39, 0.29) is 18.4 Å². The standard InChI is InChI=1S/C22H28N2O4/c1-17(25)24(14-12-19-5-4-6-21(15-19)28-3)16-22(26)23-13-11-18-7-9-20(27-2)10-8-18/h4-10,15H,11-14,16H2,1-3H3,(H,23,26). The van der Waals surface area contributed by atoms with E-state index in [1.54, 1.807) is 19.1 Å². The van der Waals surface area contributed by atoms with E-state index in [0.29, 0.717) is 19.5 Å². The summed E-state index contributed by atoms with van der Waals surface area (Å²) < 4.78 is 10.3. The molecule has 0 fully saturated rings. The van der Waals surface area contributed by atoms with Gasteiger partial charge in [0.05, 0.1) is 20.8 Å². The van der Waals surface area contributed by atoms with Gasteiger partial charge in [-0.15, -0.1) is 0 Å². The van der Waals surface area contributed by atoms with Gasteiger partial charge in [-0.2, -0.15) is 0 Å². The molecular weight excluding hydrogens is 356 g/mol.